The molecule has 0 aromatic carbocycles. The van der Waals surface area contributed by atoms with E-state index in [-0.39, 0.29) is 6.42 Å². The normalized spacial score (nSPS) is 10.7. The Bertz CT molecular complexity index is 532. The highest BCUT2D eigenvalue weighted by molar-refractivity contribution is 5.66. The molecule has 7 nitrogen and oxygen atoms in total. The molecule has 0 aliphatic carbocycles. The number of rotatable bonds is 6. The summed E-state index contributed by atoms with van der Waals surface area (Å²) < 4.78 is 6.75. The van der Waals surface area contributed by atoms with Crippen LogP contribution in [0.2, 0.25) is 0 Å². The standard InChI is InChI=1S/C11H14N4O3/c1-15-7-8(6-12-15)11-13-9(18-14-11)4-2-3-5-10(16)17/h6-7H,2-5H2,1H3,(H,16,17). The minimum atomic E-state index is -0.781. The number of hydrogen-bond donors (Lipinski definition) is 1. The highest BCUT2D eigenvalue weighted by Crippen LogP contribution is 2.15. The van der Waals surface area contributed by atoms with Gasteiger partial charge >= 0.3 is 5.97 Å². The predicted molar refractivity (Wildman–Crippen MR) is 61.7 cm³/mol. The lowest BCUT2D eigenvalue weighted by atomic mass is 10.2. The molecule has 0 amide bonds. The second kappa shape index (κ2) is 5.44. The number of unbranched alkanes of at least 4 members (excludes halogenated alkanes) is 1. The molecule has 2 heterocycles. The fourth-order valence-corrected chi connectivity index (χ4v) is 1.56. The number of carboxylic acids is 1. The molecule has 0 radical (unpaired) electrons. The van der Waals surface area contributed by atoms with Crippen LogP contribution in [0.3, 0.4) is 0 Å². The van der Waals surface area contributed by atoms with E-state index in [4.69, 9.17) is 9.63 Å². The summed E-state index contributed by atoms with van der Waals surface area (Å²) >= 11 is 0. The molecular formula is C11H14N4O3. The second-order valence-electron chi connectivity index (χ2n) is 4.02. The third kappa shape index (κ3) is 3.16. The SMILES string of the molecule is Cn1cc(-c2noc(CCCCC(=O)O)n2)cn1. The van der Waals surface area contributed by atoms with E-state index < -0.39 is 5.97 Å². The van der Waals surface area contributed by atoms with Crippen LogP contribution in [-0.4, -0.2) is 31.0 Å². The monoisotopic (exact) mass is 250 g/mol. The fourth-order valence-electron chi connectivity index (χ4n) is 1.56. The summed E-state index contributed by atoms with van der Waals surface area (Å²) in [6.45, 7) is 0. The maximum atomic E-state index is 10.3. The van der Waals surface area contributed by atoms with E-state index in [1.807, 2.05) is 7.05 Å². The summed E-state index contributed by atoms with van der Waals surface area (Å²) in [5.74, 6) is 0.257. The van der Waals surface area contributed by atoms with E-state index in [9.17, 15) is 4.79 Å². The topological polar surface area (TPSA) is 94.0 Å². The highest BCUT2D eigenvalue weighted by Gasteiger charge is 2.10. The number of carbonyl (C=O) groups is 1. The Balaban J connectivity index is 1.88. The average molecular weight is 250 g/mol. The van der Waals surface area contributed by atoms with Crippen molar-refractivity contribution in [3.63, 3.8) is 0 Å². The number of carboxylic acid groups (broad SMARTS) is 1. The summed E-state index contributed by atoms with van der Waals surface area (Å²) in [6.07, 6.45) is 5.57. The molecule has 18 heavy (non-hydrogen) atoms. The molecule has 0 aliphatic rings. The van der Waals surface area contributed by atoms with Crippen molar-refractivity contribution in [1.82, 2.24) is 19.9 Å². The molecule has 0 saturated heterocycles. The molecule has 0 fully saturated rings. The summed E-state index contributed by atoms with van der Waals surface area (Å²) in [6, 6.07) is 0. The van der Waals surface area contributed by atoms with Crippen LogP contribution in [-0.2, 0) is 18.3 Å². The molecule has 96 valence electrons. The van der Waals surface area contributed by atoms with E-state index in [2.05, 4.69) is 15.2 Å². The molecule has 0 bridgehead atoms. The summed E-state index contributed by atoms with van der Waals surface area (Å²) in [7, 11) is 1.82. The third-order valence-corrected chi connectivity index (χ3v) is 2.46. The second-order valence-corrected chi connectivity index (χ2v) is 4.02. The molecule has 0 saturated carbocycles. The first-order chi connectivity index (χ1) is 8.65. The molecule has 0 atom stereocenters. The Labute approximate surface area is 103 Å². The average Bonchev–Trinajstić information content (AvgIpc) is 2.93. The van der Waals surface area contributed by atoms with Crippen molar-refractivity contribution in [2.75, 3.05) is 0 Å². The Morgan fingerprint density at radius 3 is 3.00 bits per heavy atom. The van der Waals surface area contributed by atoms with Crippen molar-refractivity contribution >= 4 is 5.97 Å². The maximum absolute atomic E-state index is 10.3. The van der Waals surface area contributed by atoms with Gasteiger partial charge in [0.2, 0.25) is 11.7 Å². The van der Waals surface area contributed by atoms with E-state index >= 15 is 0 Å². The van der Waals surface area contributed by atoms with E-state index in [1.165, 1.54) is 0 Å². The Kier molecular flexibility index (Phi) is 3.71. The zero-order valence-corrected chi connectivity index (χ0v) is 10.0. The van der Waals surface area contributed by atoms with Crippen LogP contribution in [0.25, 0.3) is 11.4 Å². The van der Waals surface area contributed by atoms with Gasteiger partial charge in [-0.3, -0.25) is 9.48 Å². The van der Waals surface area contributed by atoms with Gasteiger partial charge in [0.15, 0.2) is 0 Å². The Hall–Kier alpha value is -2.18. The van der Waals surface area contributed by atoms with Crippen LogP contribution in [0.15, 0.2) is 16.9 Å². The molecule has 0 unspecified atom stereocenters. The highest BCUT2D eigenvalue weighted by atomic mass is 16.5. The smallest absolute Gasteiger partial charge is 0.303 e. The first-order valence-corrected chi connectivity index (χ1v) is 5.68. The maximum Gasteiger partial charge on any atom is 0.303 e. The van der Waals surface area contributed by atoms with Crippen LogP contribution < -0.4 is 0 Å². The van der Waals surface area contributed by atoms with Gasteiger partial charge in [-0.05, 0) is 12.8 Å². The number of nitrogens with zero attached hydrogens (tertiary/aromatic N) is 4. The van der Waals surface area contributed by atoms with Crippen LogP contribution in [0.1, 0.15) is 25.2 Å². The molecule has 7 heteroatoms. The van der Waals surface area contributed by atoms with E-state index in [0.717, 1.165) is 12.0 Å². The molecule has 2 rings (SSSR count). The van der Waals surface area contributed by atoms with Gasteiger partial charge in [0.05, 0.1) is 11.8 Å². The number of aliphatic carboxylic acids is 1. The van der Waals surface area contributed by atoms with Gasteiger partial charge in [0, 0.05) is 26.1 Å². The van der Waals surface area contributed by atoms with Crippen molar-refractivity contribution in [2.45, 2.75) is 25.7 Å². The number of aryl methyl sites for hydroxylation is 2. The first kappa shape index (κ1) is 12.3. The van der Waals surface area contributed by atoms with Crippen molar-refractivity contribution in [2.24, 2.45) is 7.05 Å². The van der Waals surface area contributed by atoms with Crippen molar-refractivity contribution in [3.05, 3.63) is 18.3 Å². The Morgan fingerprint density at radius 1 is 1.50 bits per heavy atom. The minimum Gasteiger partial charge on any atom is -0.481 e. The molecular weight excluding hydrogens is 236 g/mol. The van der Waals surface area contributed by atoms with Gasteiger partial charge < -0.3 is 9.63 Å². The minimum absolute atomic E-state index is 0.170. The summed E-state index contributed by atoms with van der Waals surface area (Å²) in [5.41, 5.74) is 0.804. The van der Waals surface area contributed by atoms with Gasteiger partial charge in [-0.25, -0.2) is 0 Å². The molecule has 0 aliphatic heterocycles. The fraction of sp³-hybridized carbons (Fsp3) is 0.455. The van der Waals surface area contributed by atoms with Gasteiger partial charge in [0.25, 0.3) is 0 Å². The van der Waals surface area contributed by atoms with Crippen LogP contribution >= 0.6 is 0 Å². The summed E-state index contributed by atoms with van der Waals surface area (Å²) in [5, 5.41) is 16.4. The lowest BCUT2D eigenvalue weighted by Crippen LogP contribution is -1.95. The molecule has 2 aromatic heterocycles. The molecule has 2 aromatic rings. The zero-order chi connectivity index (χ0) is 13.0. The largest absolute Gasteiger partial charge is 0.481 e. The number of aromatic nitrogens is 4. The van der Waals surface area contributed by atoms with Gasteiger partial charge in [0.1, 0.15) is 0 Å². The first-order valence-electron chi connectivity index (χ1n) is 5.68. The third-order valence-electron chi connectivity index (χ3n) is 2.46. The van der Waals surface area contributed by atoms with E-state index in [1.54, 1.807) is 17.1 Å². The van der Waals surface area contributed by atoms with E-state index in [0.29, 0.717) is 24.6 Å². The van der Waals surface area contributed by atoms with Crippen LogP contribution in [0.5, 0.6) is 0 Å². The van der Waals surface area contributed by atoms with Gasteiger partial charge in [-0.1, -0.05) is 5.16 Å². The Morgan fingerprint density at radius 2 is 2.33 bits per heavy atom. The van der Waals surface area contributed by atoms with Crippen molar-refractivity contribution in [3.8, 4) is 11.4 Å². The zero-order valence-electron chi connectivity index (χ0n) is 10.0. The van der Waals surface area contributed by atoms with Gasteiger partial charge in [-0.15, -0.1) is 0 Å². The molecule has 0 spiro atoms. The molecule has 1 N–H and O–H groups in total. The number of hydrogen-bond acceptors (Lipinski definition) is 5. The van der Waals surface area contributed by atoms with Crippen molar-refractivity contribution in [1.29, 1.82) is 0 Å². The lowest BCUT2D eigenvalue weighted by molar-refractivity contribution is -0.137. The lowest BCUT2D eigenvalue weighted by Gasteiger charge is -1.93. The summed E-state index contributed by atoms with van der Waals surface area (Å²) in [4.78, 5) is 14.6. The quantitative estimate of drug-likeness (QED) is 0.776. The van der Waals surface area contributed by atoms with Gasteiger partial charge in [-0.2, -0.15) is 10.1 Å². The van der Waals surface area contributed by atoms with Crippen LogP contribution in [0.4, 0.5) is 0 Å². The van der Waals surface area contributed by atoms with Crippen molar-refractivity contribution < 1.29 is 14.4 Å². The predicted octanol–water partition coefficient (Wildman–Crippen LogP) is 1.27. The van der Waals surface area contributed by atoms with Crippen LogP contribution in [0, 0.1) is 0 Å².